The van der Waals surface area contributed by atoms with Crippen LogP contribution in [0.4, 0.5) is 28.9 Å². The van der Waals surface area contributed by atoms with Crippen molar-refractivity contribution < 1.29 is 27.2 Å². The fourth-order valence-corrected chi connectivity index (χ4v) is 5.03. The first-order valence-electron chi connectivity index (χ1n) is 12.4. The van der Waals surface area contributed by atoms with E-state index >= 15 is 0 Å². The number of pyridine rings is 1. The minimum atomic E-state index is -4.59. The van der Waals surface area contributed by atoms with Gasteiger partial charge in [-0.2, -0.15) is 13.2 Å². The molecule has 1 heterocycles. The maximum Gasteiger partial charge on any atom is 0.433 e. The van der Waals surface area contributed by atoms with E-state index in [1.165, 1.54) is 36.4 Å². The SMILES string of the molecule is O=C(Nc1ccc(F)cc1)C1(C(=O)NC2CCC(Nc3cc(C(F)(F)F)nc4ccc(Cl)cc34)CC2)CC1. The zero-order chi connectivity index (χ0) is 27.1. The number of aromatic nitrogens is 1. The van der Waals surface area contributed by atoms with Gasteiger partial charge in [-0.15, -0.1) is 0 Å². The third kappa shape index (κ3) is 5.55. The van der Waals surface area contributed by atoms with Crippen LogP contribution in [0.2, 0.25) is 5.02 Å². The first-order valence-corrected chi connectivity index (χ1v) is 12.7. The lowest BCUT2D eigenvalue weighted by atomic mass is 9.90. The van der Waals surface area contributed by atoms with Crippen molar-refractivity contribution in [1.82, 2.24) is 10.3 Å². The summed E-state index contributed by atoms with van der Waals surface area (Å²) in [5, 5.41) is 9.80. The molecule has 2 aliphatic carbocycles. The van der Waals surface area contributed by atoms with Crippen molar-refractivity contribution in [2.75, 3.05) is 10.6 Å². The van der Waals surface area contributed by atoms with Gasteiger partial charge in [0.25, 0.3) is 0 Å². The van der Waals surface area contributed by atoms with E-state index < -0.39 is 29.0 Å². The largest absolute Gasteiger partial charge is 0.433 e. The summed E-state index contributed by atoms with van der Waals surface area (Å²) in [6, 6.07) is 10.6. The quantitative estimate of drug-likeness (QED) is 0.249. The molecule has 2 aliphatic rings. The number of benzene rings is 2. The predicted molar refractivity (Wildman–Crippen MR) is 136 cm³/mol. The summed E-state index contributed by atoms with van der Waals surface area (Å²) < 4.78 is 53.4. The van der Waals surface area contributed by atoms with Crippen LogP contribution in [-0.2, 0) is 15.8 Å². The van der Waals surface area contributed by atoms with Crippen LogP contribution in [0.5, 0.6) is 0 Å². The van der Waals surface area contributed by atoms with Gasteiger partial charge in [0.05, 0.1) is 5.52 Å². The Morgan fingerprint density at radius 3 is 2.21 bits per heavy atom. The molecule has 0 spiro atoms. The molecule has 38 heavy (non-hydrogen) atoms. The summed E-state index contributed by atoms with van der Waals surface area (Å²) in [5.41, 5.74) is -1.19. The summed E-state index contributed by atoms with van der Waals surface area (Å²) in [6.07, 6.45) is -1.28. The molecule has 0 bridgehead atoms. The molecule has 0 unspecified atom stereocenters. The van der Waals surface area contributed by atoms with E-state index in [-0.39, 0.29) is 23.5 Å². The molecule has 2 saturated carbocycles. The number of anilines is 2. The van der Waals surface area contributed by atoms with Crippen molar-refractivity contribution in [3.8, 4) is 0 Å². The van der Waals surface area contributed by atoms with Crippen LogP contribution in [0.15, 0.2) is 48.5 Å². The molecule has 0 atom stereocenters. The Morgan fingerprint density at radius 1 is 0.921 bits per heavy atom. The van der Waals surface area contributed by atoms with Crippen LogP contribution < -0.4 is 16.0 Å². The number of amides is 2. The predicted octanol–water partition coefficient (Wildman–Crippen LogP) is 6.30. The van der Waals surface area contributed by atoms with E-state index in [1.807, 2.05) is 0 Å². The number of fused-ring (bicyclic) bond motifs is 1. The molecule has 11 heteroatoms. The van der Waals surface area contributed by atoms with Crippen molar-refractivity contribution in [2.45, 2.75) is 56.8 Å². The van der Waals surface area contributed by atoms with Crippen LogP contribution in [0.25, 0.3) is 10.9 Å². The highest BCUT2D eigenvalue weighted by atomic mass is 35.5. The van der Waals surface area contributed by atoms with E-state index in [0.717, 1.165) is 6.07 Å². The Hall–Kier alpha value is -3.40. The van der Waals surface area contributed by atoms with Gasteiger partial charge in [-0.1, -0.05) is 11.6 Å². The van der Waals surface area contributed by atoms with Crippen LogP contribution in [0, 0.1) is 11.2 Å². The summed E-state index contributed by atoms with van der Waals surface area (Å²) in [7, 11) is 0. The maximum absolute atomic E-state index is 13.4. The summed E-state index contributed by atoms with van der Waals surface area (Å²) >= 11 is 6.08. The van der Waals surface area contributed by atoms with Gasteiger partial charge < -0.3 is 16.0 Å². The average Bonchev–Trinajstić information content (AvgIpc) is 3.69. The smallest absolute Gasteiger partial charge is 0.382 e. The number of alkyl halides is 3. The first kappa shape index (κ1) is 26.2. The Morgan fingerprint density at radius 2 is 1.58 bits per heavy atom. The standard InChI is InChI=1S/C27H25ClF4N4O2/c28-15-1-10-21-20(13-15)22(14-23(36-21)27(30,31)32)33-17-6-8-19(9-7-17)35-25(38)26(11-12-26)24(37)34-18-4-2-16(29)3-5-18/h1-5,10,13-14,17,19H,6-9,11-12H2,(H,33,36)(H,34,37)(H,35,38). The number of nitrogens with one attached hydrogen (secondary N) is 3. The highest BCUT2D eigenvalue weighted by molar-refractivity contribution is 6.31. The fourth-order valence-electron chi connectivity index (χ4n) is 4.85. The van der Waals surface area contributed by atoms with Gasteiger partial charge in [0.2, 0.25) is 11.8 Å². The highest BCUT2D eigenvalue weighted by Crippen LogP contribution is 2.47. The second-order valence-electron chi connectivity index (χ2n) is 9.92. The van der Waals surface area contributed by atoms with Crippen LogP contribution >= 0.6 is 11.6 Å². The number of carbonyl (C=O) groups is 2. The molecule has 2 fully saturated rings. The topological polar surface area (TPSA) is 83.1 Å². The van der Waals surface area contributed by atoms with Crippen molar-refractivity contribution in [2.24, 2.45) is 5.41 Å². The lowest BCUT2D eigenvalue weighted by molar-refractivity contribution is -0.141. The molecule has 0 saturated heterocycles. The number of carbonyl (C=O) groups excluding carboxylic acids is 2. The third-order valence-corrected chi connectivity index (χ3v) is 7.44. The first-order chi connectivity index (χ1) is 18.0. The van der Waals surface area contributed by atoms with E-state index in [2.05, 4.69) is 20.9 Å². The molecule has 6 nitrogen and oxygen atoms in total. The van der Waals surface area contributed by atoms with E-state index in [0.29, 0.717) is 60.3 Å². The average molecular weight is 549 g/mol. The van der Waals surface area contributed by atoms with Crippen molar-refractivity contribution in [1.29, 1.82) is 0 Å². The van der Waals surface area contributed by atoms with E-state index in [9.17, 15) is 27.2 Å². The summed E-state index contributed by atoms with van der Waals surface area (Å²) in [4.78, 5) is 29.5. The number of hydrogen-bond acceptors (Lipinski definition) is 4. The van der Waals surface area contributed by atoms with Gasteiger partial charge in [-0.05, 0) is 87.1 Å². The van der Waals surface area contributed by atoms with Gasteiger partial charge in [0, 0.05) is 33.9 Å². The van der Waals surface area contributed by atoms with Crippen molar-refractivity contribution >= 4 is 45.7 Å². The molecule has 1 aromatic heterocycles. The lowest BCUT2D eigenvalue weighted by Gasteiger charge is -2.31. The summed E-state index contributed by atoms with van der Waals surface area (Å²) in [6.45, 7) is 0. The van der Waals surface area contributed by atoms with Crippen LogP contribution in [0.1, 0.15) is 44.2 Å². The molecule has 200 valence electrons. The van der Waals surface area contributed by atoms with Gasteiger partial charge >= 0.3 is 6.18 Å². The van der Waals surface area contributed by atoms with Crippen molar-refractivity contribution in [3.63, 3.8) is 0 Å². The molecular formula is C27H25ClF4N4O2. The normalized spacial score (nSPS) is 20.6. The fraction of sp³-hybridized carbons (Fsp3) is 0.370. The van der Waals surface area contributed by atoms with Crippen LogP contribution in [-0.4, -0.2) is 28.9 Å². The Kier molecular flexibility index (Phi) is 6.94. The number of hydrogen-bond donors (Lipinski definition) is 3. The van der Waals surface area contributed by atoms with Gasteiger partial charge in [-0.25, -0.2) is 9.37 Å². The van der Waals surface area contributed by atoms with Gasteiger partial charge in [0.15, 0.2) is 0 Å². The number of halogens is 5. The second kappa shape index (κ2) is 10.1. The minimum absolute atomic E-state index is 0.106. The van der Waals surface area contributed by atoms with Crippen molar-refractivity contribution in [3.05, 3.63) is 65.1 Å². The lowest BCUT2D eigenvalue weighted by Crippen LogP contribution is -2.46. The monoisotopic (exact) mass is 548 g/mol. The van der Waals surface area contributed by atoms with Crippen LogP contribution in [0.3, 0.4) is 0 Å². The molecule has 3 N–H and O–H groups in total. The molecule has 5 rings (SSSR count). The molecule has 3 aromatic rings. The molecule has 0 radical (unpaired) electrons. The molecule has 2 amide bonds. The zero-order valence-corrected chi connectivity index (χ0v) is 20.9. The Bertz CT molecular complexity index is 1370. The molecule has 2 aromatic carbocycles. The Balaban J connectivity index is 1.20. The molecule has 0 aliphatic heterocycles. The minimum Gasteiger partial charge on any atom is -0.382 e. The number of rotatable bonds is 6. The number of nitrogens with zero attached hydrogens (tertiary/aromatic N) is 1. The maximum atomic E-state index is 13.4. The molecular weight excluding hydrogens is 524 g/mol. The van der Waals surface area contributed by atoms with Gasteiger partial charge in [0.1, 0.15) is 16.9 Å². The Labute approximate surface area is 221 Å². The highest BCUT2D eigenvalue weighted by Gasteiger charge is 2.56. The van der Waals surface area contributed by atoms with E-state index in [4.69, 9.17) is 11.6 Å². The zero-order valence-electron chi connectivity index (χ0n) is 20.2. The second-order valence-corrected chi connectivity index (χ2v) is 10.4. The third-order valence-electron chi connectivity index (χ3n) is 7.20. The van der Waals surface area contributed by atoms with E-state index in [1.54, 1.807) is 6.07 Å². The summed E-state index contributed by atoms with van der Waals surface area (Å²) in [5.74, 6) is -1.17. The van der Waals surface area contributed by atoms with Gasteiger partial charge in [-0.3, -0.25) is 9.59 Å².